The Morgan fingerprint density at radius 2 is 2.00 bits per heavy atom. The first-order valence-electron chi connectivity index (χ1n) is 5.54. The molecule has 0 unspecified atom stereocenters. The first kappa shape index (κ1) is 13.5. The number of nitrogens with zero attached hydrogens (tertiary/aromatic N) is 2. The van der Waals surface area contributed by atoms with E-state index in [0.29, 0.717) is 0 Å². The fourth-order valence-electron chi connectivity index (χ4n) is 1.54. The summed E-state index contributed by atoms with van der Waals surface area (Å²) in [6, 6.07) is 1.96. The Morgan fingerprint density at radius 3 is 2.53 bits per heavy atom. The molecule has 2 aromatic rings. The van der Waals surface area contributed by atoms with Crippen LogP contribution in [0.1, 0.15) is 25.3 Å². The molecule has 0 saturated carbocycles. The van der Waals surface area contributed by atoms with Gasteiger partial charge in [-0.1, -0.05) is 5.16 Å². The molecular formula is C12H12F3N3O. The number of hydrogen-bond donors (Lipinski definition) is 1. The van der Waals surface area contributed by atoms with Crippen molar-refractivity contribution in [1.29, 1.82) is 0 Å². The Morgan fingerprint density at radius 1 is 1.32 bits per heavy atom. The van der Waals surface area contributed by atoms with Crippen molar-refractivity contribution in [2.75, 3.05) is 0 Å². The lowest BCUT2D eigenvalue weighted by atomic mass is 9.97. The summed E-state index contributed by atoms with van der Waals surface area (Å²) in [6.07, 6.45) is 0. The zero-order chi connectivity index (χ0) is 14.2. The Hall–Kier alpha value is -1.89. The van der Waals surface area contributed by atoms with Gasteiger partial charge in [-0.3, -0.25) is 0 Å². The van der Waals surface area contributed by atoms with Crippen LogP contribution in [0.15, 0.2) is 16.7 Å². The smallest absolute Gasteiger partial charge is 0.240 e. The molecule has 2 rings (SSSR count). The standard InChI is InChI=1S/C12H12F3N3O/c1-12(2,15)6-3-7(10(14)8(13)4-6)11-17-9(5-16)19-18-11/h3-4H,5,16H2,1-2H3. The number of rotatable bonds is 3. The van der Waals surface area contributed by atoms with Crippen molar-refractivity contribution in [2.24, 2.45) is 5.73 Å². The third-order valence-electron chi connectivity index (χ3n) is 2.60. The Balaban J connectivity index is 2.59. The van der Waals surface area contributed by atoms with Gasteiger partial charge in [0, 0.05) is 0 Å². The Kier molecular flexibility index (Phi) is 3.32. The van der Waals surface area contributed by atoms with E-state index >= 15 is 0 Å². The lowest BCUT2D eigenvalue weighted by molar-refractivity contribution is 0.220. The predicted molar refractivity (Wildman–Crippen MR) is 61.7 cm³/mol. The first-order chi connectivity index (χ1) is 8.82. The molecule has 0 saturated heterocycles. The van der Waals surface area contributed by atoms with Crippen molar-refractivity contribution in [3.63, 3.8) is 0 Å². The summed E-state index contributed by atoms with van der Waals surface area (Å²) in [7, 11) is 0. The van der Waals surface area contributed by atoms with Crippen LogP contribution in [0.4, 0.5) is 13.2 Å². The summed E-state index contributed by atoms with van der Waals surface area (Å²) in [5, 5.41) is 3.49. The molecule has 0 radical (unpaired) electrons. The van der Waals surface area contributed by atoms with E-state index in [9.17, 15) is 13.2 Å². The van der Waals surface area contributed by atoms with Gasteiger partial charge in [0.15, 0.2) is 11.6 Å². The van der Waals surface area contributed by atoms with Crippen LogP contribution in [0.2, 0.25) is 0 Å². The maximum absolute atomic E-state index is 13.8. The van der Waals surface area contributed by atoms with Crippen molar-refractivity contribution < 1.29 is 17.7 Å². The highest BCUT2D eigenvalue weighted by Crippen LogP contribution is 2.31. The quantitative estimate of drug-likeness (QED) is 0.932. The average molecular weight is 271 g/mol. The number of halogens is 3. The Bertz CT molecular complexity index is 605. The fraction of sp³-hybridized carbons (Fsp3) is 0.333. The predicted octanol–water partition coefficient (Wildman–Crippen LogP) is 2.68. The summed E-state index contributed by atoms with van der Waals surface area (Å²) in [6.45, 7) is 2.46. The first-order valence-corrected chi connectivity index (χ1v) is 5.54. The highest BCUT2D eigenvalue weighted by molar-refractivity contribution is 5.57. The summed E-state index contributed by atoms with van der Waals surface area (Å²) in [5.74, 6) is -2.41. The minimum atomic E-state index is -1.82. The normalized spacial score (nSPS) is 11.9. The molecule has 0 aliphatic rings. The monoisotopic (exact) mass is 271 g/mol. The molecule has 102 valence electrons. The van der Waals surface area contributed by atoms with Crippen LogP contribution in [0, 0.1) is 11.6 Å². The van der Waals surface area contributed by atoms with Crippen LogP contribution >= 0.6 is 0 Å². The molecule has 2 N–H and O–H groups in total. The molecule has 4 nitrogen and oxygen atoms in total. The van der Waals surface area contributed by atoms with Crippen molar-refractivity contribution in [1.82, 2.24) is 10.1 Å². The van der Waals surface area contributed by atoms with E-state index in [-0.39, 0.29) is 29.4 Å². The molecule has 1 aromatic heterocycles. The summed E-state index contributed by atoms with van der Waals surface area (Å²) in [5.41, 5.74) is 3.20. The molecule has 7 heteroatoms. The number of alkyl halides is 1. The van der Waals surface area contributed by atoms with Gasteiger partial charge in [-0.15, -0.1) is 0 Å². The van der Waals surface area contributed by atoms with Gasteiger partial charge >= 0.3 is 0 Å². The van der Waals surface area contributed by atoms with E-state index in [1.54, 1.807) is 0 Å². The van der Waals surface area contributed by atoms with Gasteiger partial charge in [0.25, 0.3) is 0 Å². The third kappa shape index (κ3) is 2.60. The van der Waals surface area contributed by atoms with E-state index in [2.05, 4.69) is 10.1 Å². The van der Waals surface area contributed by atoms with E-state index < -0.39 is 17.3 Å². The van der Waals surface area contributed by atoms with E-state index in [0.717, 1.165) is 12.1 Å². The summed E-state index contributed by atoms with van der Waals surface area (Å²) < 4.78 is 45.8. The van der Waals surface area contributed by atoms with Gasteiger partial charge in [-0.2, -0.15) is 4.98 Å². The second-order valence-electron chi connectivity index (χ2n) is 4.51. The number of nitrogens with two attached hydrogens (primary N) is 1. The van der Waals surface area contributed by atoms with E-state index in [1.807, 2.05) is 0 Å². The maximum Gasteiger partial charge on any atom is 0.240 e. The summed E-state index contributed by atoms with van der Waals surface area (Å²) in [4.78, 5) is 3.79. The second-order valence-corrected chi connectivity index (χ2v) is 4.51. The van der Waals surface area contributed by atoms with Gasteiger partial charge in [-0.25, -0.2) is 13.2 Å². The van der Waals surface area contributed by atoms with Crippen molar-refractivity contribution in [3.05, 3.63) is 35.2 Å². The average Bonchev–Trinajstić information content (AvgIpc) is 2.79. The van der Waals surface area contributed by atoms with Crippen LogP contribution < -0.4 is 5.73 Å². The maximum atomic E-state index is 13.8. The van der Waals surface area contributed by atoms with Crippen LogP contribution in [0.25, 0.3) is 11.4 Å². The zero-order valence-corrected chi connectivity index (χ0v) is 10.4. The molecule has 0 aliphatic carbocycles. The van der Waals surface area contributed by atoms with Gasteiger partial charge in [-0.05, 0) is 31.5 Å². The lowest BCUT2D eigenvalue weighted by Gasteiger charge is -2.15. The van der Waals surface area contributed by atoms with Crippen molar-refractivity contribution in [3.8, 4) is 11.4 Å². The molecule has 1 aromatic carbocycles. The van der Waals surface area contributed by atoms with Crippen LogP contribution in [0.5, 0.6) is 0 Å². The minimum Gasteiger partial charge on any atom is -0.338 e. The molecule has 0 amide bonds. The molecular weight excluding hydrogens is 259 g/mol. The minimum absolute atomic E-state index is 0.0134. The molecule has 1 heterocycles. The van der Waals surface area contributed by atoms with Gasteiger partial charge in [0.1, 0.15) is 5.67 Å². The fourth-order valence-corrected chi connectivity index (χ4v) is 1.54. The Labute approximate surface area is 107 Å². The second kappa shape index (κ2) is 4.65. The van der Waals surface area contributed by atoms with E-state index in [1.165, 1.54) is 13.8 Å². The molecule has 19 heavy (non-hydrogen) atoms. The number of aromatic nitrogens is 2. The van der Waals surface area contributed by atoms with Crippen LogP contribution in [-0.4, -0.2) is 10.1 Å². The molecule has 0 spiro atoms. The summed E-state index contributed by atoms with van der Waals surface area (Å²) >= 11 is 0. The van der Waals surface area contributed by atoms with E-state index in [4.69, 9.17) is 10.3 Å². The van der Waals surface area contributed by atoms with Crippen molar-refractivity contribution >= 4 is 0 Å². The molecule has 0 aliphatic heterocycles. The highest BCUT2D eigenvalue weighted by Gasteiger charge is 2.25. The molecule has 0 fully saturated rings. The van der Waals surface area contributed by atoms with Crippen LogP contribution in [-0.2, 0) is 12.2 Å². The van der Waals surface area contributed by atoms with Crippen LogP contribution in [0.3, 0.4) is 0 Å². The number of hydrogen-bond acceptors (Lipinski definition) is 4. The van der Waals surface area contributed by atoms with Gasteiger partial charge in [0.05, 0.1) is 12.1 Å². The molecule has 0 atom stereocenters. The topological polar surface area (TPSA) is 64.9 Å². The number of benzene rings is 1. The highest BCUT2D eigenvalue weighted by atomic mass is 19.2. The molecule has 0 bridgehead atoms. The third-order valence-corrected chi connectivity index (χ3v) is 2.60. The van der Waals surface area contributed by atoms with Gasteiger partial charge in [0.2, 0.25) is 11.7 Å². The zero-order valence-electron chi connectivity index (χ0n) is 10.4. The largest absolute Gasteiger partial charge is 0.338 e. The van der Waals surface area contributed by atoms with Gasteiger partial charge < -0.3 is 10.3 Å². The lowest BCUT2D eigenvalue weighted by Crippen LogP contribution is -2.10. The van der Waals surface area contributed by atoms with Crippen molar-refractivity contribution in [2.45, 2.75) is 26.1 Å². The SMILES string of the molecule is CC(C)(F)c1cc(F)c(F)c(-c2noc(CN)n2)c1.